The van der Waals surface area contributed by atoms with Crippen LogP contribution in [-0.2, 0) is 0 Å². The van der Waals surface area contributed by atoms with E-state index in [1.54, 1.807) is 0 Å². The topological polar surface area (TPSA) is 32.9 Å². The minimum Gasteiger partial charge on any atom is -0.361 e. The average Bonchev–Trinajstić information content (AvgIpc) is 2.99. The maximum atomic E-state index is 12.6. The van der Waals surface area contributed by atoms with Crippen LogP contribution in [0, 0.1) is 0 Å². The van der Waals surface area contributed by atoms with Crippen LogP contribution in [0.15, 0.2) is 60.8 Å². The summed E-state index contributed by atoms with van der Waals surface area (Å²) >= 11 is 0. The number of carbonyl (C=O) groups is 1. The number of rotatable bonds is 6. The highest BCUT2D eigenvalue weighted by molar-refractivity contribution is 5.97. The number of H-pyrrole nitrogens is 1. The zero-order valence-electron chi connectivity index (χ0n) is 12.9. The van der Waals surface area contributed by atoms with Crippen molar-refractivity contribution in [3.63, 3.8) is 0 Å². The summed E-state index contributed by atoms with van der Waals surface area (Å²) < 4.78 is 0. The van der Waals surface area contributed by atoms with Gasteiger partial charge in [0, 0.05) is 29.1 Å². The summed E-state index contributed by atoms with van der Waals surface area (Å²) in [5.41, 5.74) is 3.22. The minimum atomic E-state index is 0.226. The molecule has 1 N–H and O–H groups in total. The van der Waals surface area contributed by atoms with Gasteiger partial charge in [-0.05, 0) is 24.0 Å². The Balaban J connectivity index is 1.88. The number of ketones is 1. The highest BCUT2D eigenvalue weighted by atomic mass is 16.1. The molecule has 0 spiro atoms. The first-order chi connectivity index (χ1) is 10.8. The number of para-hydroxylation sites is 1. The second-order valence-corrected chi connectivity index (χ2v) is 5.77. The maximum absolute atomic E-state index is 12.6. The molecule has 0 amide bonds. The number of carbonyl (C=O) groups excluding carboxylic acids is 1. The van der Waals surface area contributed by atoms with E-state index in [0.717, 1.165) is 23.9 Å². The molecule has 0 aliphatic rings. The van der Waals surface area contributed by atoms with Gasteiger partial charge in [-0.1, -0.05) is 61.9 Å². The van der Waals surface area contributed by atoms with E-state index in [1.165, 1.54) is 10.9 Å². The monoisotopic (exact) mass is 291 g/mol. The number of aromatic amines is 1. The second-order valence-electron chi connectivity index (χ2n) is 5.77. The molecule has 3 rings (SSSR count). The molecule has 1 atom stereocenters. The summed E-state index contributed by atoms with van der Waals surface area (Å²) in [5, 5.41) is 1.24. The quantitative estimate of drug-likeness (QED) is 0.612. The zero-order valence-corrected chi connectivity index (χ0v) is 12.9. The molecule has 0 aliphatic carbocycles. The largest absolute Gasteiger partial charge is 0.361 e. The molecule has 1 aromatic heterocycles. The fourth-order valence-corrected chi connectivity index (χ4v) is 3.11. The first kappa shape index (κ1) is 14.6. The molecule has 2 aromatic carbocycles. The van der Waals surface area contributed by atoms with Crippen LogP contribution in [0.25, 0.3) is 10.9 Å². The van der Waals surface area contributed by atoms with Crippen molar-refractivity contribution in [2.45, 2.75) is 32.1 Å². The minimum absolute atomic E-state index is 0.226. The predicted molar refractivity (Wildman–Crippen MR) is 91.3 cm³/mol. The van der Waals surface area contributed by atoms with Crippen molar-refractivity contribution in [1.29, 1.82) is 0 Å². The molecular weight excluding hydrogens is 270 g/mol. The molecule has 0 bridgehead atoms. The van der Waals surface area contributed by atoms with Crippen molar-refractivity contribution in [2.24, 2.45) is 0 Å². The first-order valence-electron chi connectivity index (χ1n) is 7.94. The lowest BCUT2D eigenvalue weighted by Gasteiger charge is -2.15. The van der Waals surface area contributed by atoms with Crippen LogP contribution in [0.2, 0.25) is 0 Å². The van der Waals surface area contributed by atoms with Crippen molar-refractivity contribution >= 4 is 16.7 Å². The molecule has 22 heavy (non-hydrogen) atoms. The molecule has 0 aliphatic heterocycles. The molecule has 112 valence electrons. The van der Waals surface area contributed by atoms with Gasteiger partial charge in [0.1, 0.15) is 0 Å². The van der Waals surface area contributed by atoms with Gasteiger partial charge in [-0.15, -0.1) is 0 Å². The average molecular weight is 291 g/mol. The van der Waals surface area contributed by atoms with Crippen molar-refractivity contribution in [2.75, 3.05) is 0 Å². The smallest absolute Gasteiger partial charge is 0.163 e. The molecule has 2 nitrogen and oxygen atoms in total. The SMILES string of the molecule is CCC[C@H](CC(=O)c1ccccc1)c1c[nH]c2ccccc12. The van der Waals surface area contributed by atoms with Crippen LogP contribution < -0.4 is 0 Å². The van der Waals surface area contributed by atoms with E-state index in [-0.39, 0.29) is 11.7 Å². The van der Waals surface area contributed by atoms with Crippen LogP contribution in [-0.4, -0.2) is 10.8 Å². The Morgan fingerprint density at radius 2 is 1.77 bits per heavy atom. The van der Waals surface area contributed by atoms with Crippen LogP contribution in [0.5, 0.6) is 0 Å². The molecule has 2 heteroatoms. The Labute approximate surface area is 131 Å². The van der Waals surface area contributed by atoms with E-state index in [2.05, 4.69) is 36.3 Å². The third-order valence-corrected chi connectivity index (χ3v) is 4.23. The summed E-state index contributed by atoms with van der Waals surface area (Å²) in [6.45, 7) is 2.18. The first-order valence-corrected chi connectivity index (χ1v) is 7.94. The third-order valence-electron chi connectivity index (χ3n) is 4.23. The second kappa shape index (κ2) is 6.61. The zero-order chi connectivity index (χ0) is 15.4. The van der Waals surface area contributed by atoms with Gasteiger partial charge in [0.2, 0.25) is 0 Å². The number of aromatic nitrogens is 1. The molecular formula is C20H21NO. The molecule has 0 unspecified atom stereocenters. The van der Waals surface area contributed by atoms with Crippen LogP contribution in [0.3, 0.4) is 0 Å². The van der Waals surface area contributed by atoms with Crippen molar-refractivity contribution in [3.05, 3.63) is 71.9 Å². The molecule has 0 radical (unpaired) electrons. The number of nitrogens with one attached hydrogen (secondary N) is 1. The number of benzene rings is 2. The fraction of sp³-hybridized carbons (Fsp3) is 0.250. The van der Waals surface area contributed by atoms with Gasteiger partial charge in [-0.3, -0.25) is 4.79 Å². The van der Waals surface area contributed by atoms with Crippen LogP contribution >= 0.6 is 0 Å². The fourth-order valence-electron chi connectivity index (χ4n) is 3.11. The van der Waals surface area contributed by atoms with Gasteiger partial charge in [0.25, 0.3) is 0 Å². The summed E-state index contributed by atoms with van der Waals surface area (Å²) in [6, 6.07) is 17.9. The molecule has 0 saturated heterocycles. The highest BCUT2D eigenvalue weighted by Crippen LogP contribution is 2.32. The highest BCUT2D eigenvalue weighted by Gasteiger charge is 2.19. The van der Waals surface area contributed by atoms with Gasteiger partial charge < -0.3 is 4.98 Å². The molecule has 3 aromatic rings. The Kier molecular flexibility index (Phi) is 4.38. The van der Waals surface area contributed by atoms with Gasteiger partial charge >= 0.3 is 0 Å². The summed E-state index contributed by atoms with van der Waals surface area (Å²) in [4.78, 5) is 15.9. The Morgan fingerprint density at radius 3 is 2.55 bits per heavy atom. The van der Waals surface area contributed by atoms with E-state index in [1.807, 2.05) is 36.4 Å². The van der Waals surface area contributed by atoms with E-state index in [0.29, 0.717) is 6.42 Å². The Hall–Kier alpha value is -2.35. The summed E-state index contributed by atoms with van der Waals surface area (Å²) in [6.07, 6.45) is 4.75. The lowest BCUT2D eigenvalue weighted by molar-refractivity contribution is 0.0972. The van der Waals surface area contributed by atoms with E-state index < -0.39 is 0 Å². The lowest BCUT2D eigenvalue weighted by atomic mass is 9.88. The Morgan fingerprint density at radius 1 is 1.05 bits per heavy atom. The molecule has 1 heterocycles. The van der Waals surface area contributed by atoms with E-state index >= 15 is 0 Å². The van der Waals surface area contributed by atoms with E-state index in [9.17, 15) is 4.79 Å². The summed E-state index contributed by atoms with van der Waals surface area (Å²) in [7, 11) is 0. The van der Waals surface area contributed by atoms with Crippen molar-refractivity contribution in [1.82, 2.24) is 4.98 Å². The molecule has 0 saturated carbocycles. The van der Waals surface area contributed by atoms with Crippen molar-refractivity contribution in [3.8, 4) is 0 Å². The predicted octanol–water partition coefficient (Wildman–Crippen LogP) is 5.32. The van der Waals surface area contributed by atoms with Gasteiger partial charge in [-0.2, -0.15) is 0 Å². The van der Waals surface area contributed by atoms with Gasteiger partial charge in [0.05, 0.1) is 0 Å². The molecule has 0 fully saturated rings. The number of Topliss-reactive ketones (excluding diaryl/α,β-unsaturated/α-hetero) is 1. The van der Waals surface area contributed by atoms with Crippen molar-refractivity contribution < 1.29 is 4.79 Å². The number of hydrogen-bond acceptors (Lipinski definition) is 1. The van der Waals surface area contributed by atoms with Crippen LogP contribution in [0.1, 0.15) is 48.0 Å². The van der Waals surface area contributed by atoms with Gasteiger partial charge in [0.15, 0.2) is 5.78 Å². The summed E-state index contributed by atoms with van der Waals surface area (Å²) in [5.74, 6) is 0.498. The Bertz CT molecular complexity index is 757. The number of fused-ring (bicyclic) bond motifs is 1. The third kappa shape index (κ3) is 2.96. The van der Waals surface area contributed by atoms with E-state index in [4.69, 9.17) is 0 Å². The lowest BCUT2D eigenvalue weighted by Crippen LogP contribution is -2.07. The normalized spacial score (nSPS) is 12.4. The number of hydrogen-bond donors (Lipinski definition) is 1. The van der Waals surface area contributed by atoms with Crippen LogP contribution in [0.4, 0.5) is 0 Å². The standard InChI is InChI=1S/C20H21NO/c1-2-8-16(13-20(22)15-9-4-3-5-10-15)18-14-21-19-12-7-6-11-17(18)19/h3-7,9-12,14,16,21H,2,8,13H2,1H3/t16-/m1/s1. The maximum Gasteiger partial charge on any atom is 0.163 e. The van der Waals surface area contributed by atoms with Gasteiger partial charge in [-0.25, -0.2) is 0 Å².